The van der Waals surface area contributed by atoms with Crippen LogP contribution in [-0.2, 0) is 9.47 Å². The molecule has 0 spiro atoms. The first kappa shape index (κ1) is 18.7. The van der Waals surface area contributed by atoms with E-state index in [-0.39, 0.29) is 17.8 Å². The maximum atomic E-state index is 10.5. The van der Waals surface area contributed by atoms with E-state index in [0.717, 1.165) is 25.2 Å². The van der Waals surface area contributed by atoms with Gasteiger partial charge in [0.15, 0.2) is 5.79 Å². The van der Waals surface area contributed by atoms with Crippen LogP contribution in [0.25, 0.3) is 0 Å². The Bertz CT molecular complexity index is 442. The molecule has 0 radical (unpaired) electrons. The third kappa shape index (κ3) is 3.54. The van der Waals surface area contributed by atoms with Crippen LogP contribution in [0.15, 0.2) is 0 Å². The molecule has 3 nitrogen and oxygen atoms in total. The molecule has 140 valence electrons. The van der Waals surface area contributed by atoms with E-state index in [2.05, 4.69) is 27.7 Å². The van der Waals surface area contributed by atoms with Crippen molar-refractivity contribution in [2.75, 3.05) is 0 Å². The fraction of sp³-hybridized carbons (Fsp3) is 1.00. The van der Waals surface area contributed by atoms with Crippen LogP contribution in [0.5, 0.6) is 0 Å². The van der Waals surface area contributed by atoms with E-state index >= 15 is 0 Å². The standard InChI is InChI=1S/C21H38O3/c1-14(12-15-13-19(2,3)24-20(4,5)23-15)16-9-10-17-18(22)8-7-11-21(16,17)6/h14-18,22H,7-13H2,1-6H3. The van der Waals surface area contributed by atoms with Crippen molar-refractivity contribution in [3.05, 3.63) is 0 Å². The van der Waals surface area contributed by atoms with E-state index in [4.69, 9.17) is 9.47 Å². The van der Waals surface area contributed by atoms with Gasteiger partial charge in [-0.25, -0.2) is 0 Å². The Morgan fingerprint density at radius 3 is 2.46 bits per heavy atom. The molecule has 2 saturated carbocycles. The molecule has 1 heterocycles. The summed E-state index contributed by atoms with van der Waals surface area (Å²) in [5.74, 6) is 1.38. The van der Waals surface area contributed by atoms with Crippen LogP contribution in [-0.4, -0.2) is 28.7 Å². The summed E-state index contributed by atoms with van der Waals surface area (Å²) < 4.78 is 12.3. The number of rotatable bonds is 3. The lowest BCUT2D eigenvalue weighted by atomic mass is 9.61. The van der Waals surface area contributed by atoms with Crippen molar-refractivity contribution in [1.82, 2.24) is 0 Å². The van der Waals surface area contributed by atoms with Gasteiger partial charge < -0.3 is 14.6 Å². The molecule has 0 aromatic heterocycles. The minimum absolute atomic E-state index is 0.0712. The second-order valence-electron chi connectivity index (χ2n) is 10.2. The van der Waals surface area contributed by atoms with E-state index in [1.54, 1.807) is 0 Å². The van der Waals surface area contributed by atoms with Gasteiger partial charge in [0.1, 0.15) is 0 Å². The highest BCUT2D eigenvalue weighted by atomic mass is 16.7. The zero-order chi connectivity index (χ0) is 17.8. The van der Waals surface area contributed by atoms with Gasteiger partial charge in [0.2, 0.25) is 0 Å². The zero-order valence-corrected chi connectivity index (χ0v) is 16.6. The molecule has 24 heavy (non-hydrogen) atoms. The number of hydrogen-bond acceptors (Lipinski definition) is 3. The minimum atomic E-state index is -0.491. The van der Waals surface area contributed by atoms with Crippen LogP contribution in [0.2, 0.25) is 0 Å². The van der Waals surface area contributed by atoms with Gasteiger partial charge in [0.05, 0.1) is 17.8 Å². The first-order chi connectivity index (χ1) is 11.0. The van der Waals surface area contributed by atoms with Crippen LogP contribution >= 0.6 is 0 Å². The molecule has 0 aromatic rings. The molecule has 0 amide bonds. The van der Waals surface area contributed by atoms with E-state index in [1.807, 2.05) is 13.8 Å². The first-order valence-electron chi connectivity index (χ1n) is 10.1. The first-order valence-corrected chi connectivity index (χ1v) is 10.1. The predicted molar refractivity (Wildman–Crippen MR) is 96.7 cm³/mol. The summed E-state index contributed by atoms with van der Waals surface area (Å²) >= 11 is 0. The van der Waals surface area contributed by atoms with Crippen LogP contribution in [0.3, 0.4) is 0 Å². The zero-order valence-electron chi connectivity index (χ0n) is 16.6. The second-order valence-corrected chi connectivity index (χ2v) is 10.2. The molecular weight excluding hydrogens is 300 g/mol. The Balaban J connectivity index is 1.68. The Kier molecular flexibility index (Phi) is 4.86. The molecular formula is C21H38O3. The lowest BCUT2D eigenvalue weighted by Crippen LogP contribution is -2.50. The molecule has 3 fully saturated rings. The Labute approximate surface area is 148 Å². The fourth-order valence-electron chi connectivity index (χ4n) is 6.56. The second kappa shape index (κ2) is 6.25. The van der Waals surface area contributed by atoms with Crippen molar-refractivity contribution in [2.24, 2.45) is 23.2 Å². The smallest absolute Gasteiger partial charge is 0.163 e. The topological polar surface area (TPSA) is 38.7 Å². The third-order valence-electron chi connectivity index (χ3n) is 7.18. The van der Waals surface area contributed by atoms with E-state index in [1.165, 1.54) is 25.7 Å². The van der Waals surface area contributed by atoms with Gasteiger partial charge in [0, 0.05) is 6.42 Å². The average Bonchev–Trinajstić information content (AvgIpc) is 2.73. The highest BCUT2D eigenvalue weighted by molar-refractivity contribution is 5.02. The number of aliphatic hydroxyl groups excluding tert-OH is 1. The molecule has 1 saturated heterocycles. The molecule has 2 aliphatic carbocycles. The molecule has 3 heteroatoms. The highest BCUT2D eigenvalue weighted by Gasteiger charge is 2.52. The van der Waals surface area contributed by atoms with Gasteiger partial charge in [-0.2, -0.15) is 0 Å². The largest absolute Gasteiger partial charge is 0.393 e. The SMILES string of the molecule is CC(CC1CC(C)(C)OC(C)(C)O1)C1CCC2C(O)CCCC12C. The lowest BCUT2D eigenvalue weighted by molar-refractivity contribution is -0.327. The normalized spacial score (nSPS) is 45.6. The van der Waals surface area contributed by atoms with Crippen molar-refractivity contribution in [2.45, 2.75) is 110 Å². The number of fused-ring (bicyclic) bond motifs is 1. The minimum Gasteiger partial charge on any atom is -0.393 e. The molecule has 3 rings (SSSR count). The van der Waals surface area contributed by atoms with Crippen molar-refractivity contribution in [3.8, 4) is 0 Å². The van der Waals surface area contributed by atoms with Crippen LogP contribution in [0, 0.1) is 23.2 Å². The van der Waals surface area contributed by atoms with Gasteiger partial charge >= 0.3 is 0 Å². The van der Waals surface area contributed by atoms with Gasteiger partial charge in [-0.3, -0.25) is 0 Å². The molecule has 0 bridgehead atoms. The Morgan fingerprint density at radius 2 is 1.79 bits per heavy atom. The third-order valence-corrected chi connectivity index (χ3v) is 7.18. The van der Waals surface area contributed by atoms with Crippen LogP contribution in [0.1, 0.15) is 86.5 Å². The predicted octanol–water partition coefficient (Wildman–Crippen LogP) is 4.91. The summed E-state index contributed by atoms with van der Waals surface area (Å²) in [5, 5.41) is 10.5. The maximum Gasteiger partial charge on any atom is 0.163 e. The highest BCUT2D eigenvalue weighted by Crippen LogP contribution is 2.58. The number of hydrogen-bond donors (Lipinski definition) is 1. The van der Waals surface area contributed by atoms with Crippen molar-refractivity contribution >= 4 is 0 Å². The summed E-state index contributed by atoms with van der Waals surface area (Å²) in [7, 11) is 0. The fourth-order valence-corrected chi connectivity index (χ4v) is 6.56. The van der Waals surface area contributed by atoms with Crippen LogP contribution in [0.4, 0.5) is 0 Å². The number of aliphatic hydroxyl groups is 1. The molecule has 6 unspecified atom stereocenters. The molecule has 3 aliphatic rings. The average molecular weight is 339 g/mol. The monoisotopic (exact) mass is 338 g/mol. The molecule has 0 aromatic carbocycles. The van der Waals surface area contributed by atoms with Gasteiger partial charge in [-0.1, -0.05) is 20.3 Å². The van der Waals surface area contributed by atoms with Gasteiger partial charge in [-0.15, -0.1) is 0 Å². The van der Waals surface area contributed by atoms with Gasteiger partial charge in [-0.05, 0) is 83.0 Å². The lowest BCUT2D eigenvalue weighted by Gasteiger charge is -2.48. The summed E-state index contributed by atoms with van der Waals surface area (Å²) in [6.07, 6.45) is 8.24. The summed E-state index contributed by atoms with van der Waals surface area (Å²) in [4.78, 5) is 0. The molecule has 6 atom stereocenters. The quantitative estimate of drug-likeness (QED) is 0.794. The van der Waals surface area contributed by atoms with Crippen molar-refractivity contribution in [1.29, 1.82) is 0 Å². The molecule has 1 N–H and O–H groups in total. The Morgan fingerprint density at radius 1 is 1.08 bits per heavy atom. The van der Waals surface area contributed by atoms with Gasteiger partial charge in [0.25, 0.3) is 0 Å². The van der Waals surface area contributed by atoms with E-state index in [9.17, 15) is 5.11 Å². The summed E-state index contributed by atoms with van der Waals surface area (Å²) in [5.41, 5.74) is 0.211. The Hall–Kier alpha value is -0.120. The summed E-state index contributed by atoms with van der Waals surface area (Å²) in [6.45, 7) is 13.3. The maximum absolute atomic E-state index is 10.5. The van der Waals surface area contributed by atoms with Crippen LogP contribution < -0.4 is 0 Å². The van der Waals surface area contributed by atoms with E-state index in [0.29, 0.717) is 17.3 Å². The van der Waals surface area contributed by atoms with E-state index < -0.39 is 5.79 Å². The molecule has 1 aliphatic heterocycles. The number of ether oxygens (including phenoxy) is 2. The van der Waals surface area contributed by atoms with Crippen molar-refractivity contribution in [3.63, 3.8) is 0 Å². The summed E-state index contributed by atoms with van der Waals surface area (Å²) in [6, 6.07) is 0. The van der Waals surface area contributed by atoms with Crippen molar-refractivity contribution < 1.29 is 14.6 Å².